The summed E-state index contributed by atoms with van der Waals surface area (Å²) in [6.07, 6.45) is 0. The Hall–Kier alpha value is -3.29. The highest BCUT2D eigenvalue weighted by Crippen LogP contribution is 2.14. The highest BCUT2D eigenvalue weighted by atomic mass is 16.6. The number of nitrogens with one attached hydrogen (secondary N) is 2. The van der Waals surface area contributed by atoms with Crippen LogP contribution in [0.1, 0.15) is 30.2 Å². The van der Waals surface area contributed by atoms with Gasteiger partial charge in [0, 0.05) is 6.54 Å². The lowest BCUT2D eigenvalue weighted by Crippen LogP contribution is -2.42. The minimum atomic E-state index is -0.807. The standard InChI is InChI=1S/C19H22N2O6/c1-13(2)10-20-19(24)21-17(22)12-26-18(23)16-9-8-15(27-16)11-25-14-6-4-3-5-7-14/h3-9,13H,10-12H2,1-2H3,(H2,20,21,22,24). The maximum atomic E-state index is 11.9. The van der Waals surface area contributed by atoms with Gasteiger partial charge in [0.2, 0.25) is 5.76 Å². The molecule has 0 saturated heterocycles. The molecule has 2 rings (SSSR count). The number of imide groups is 1. The number of benzene rings is 1. The lowest BCUT2D eigenvalue weighted by Gasteiger charge is -2.08. The van der Waals surface area contributed by atoms with Gasteiger partial charge in [0.05, 0.1) is 0 Å². The second-order valence-electron chi connectivity index (χ2n) is 6.10. The monoisotopic (exact) mass is 374 g/mol. The van der Waals surface area contributed by atoms with E-state index in [0.717, 1.165) is 0 Å². The number of hydrogen-bond acceptors (Lipinski definition) is 6. The molecule has 0 atom stereocenters. The van der Waals surface area contributed by atoms with E-state index in [4.69, 9.17) is 13.9 Å². The van der Waals surface area contributed by atoms with E-state index in [1.807, 2.05) is 32.0 Å². The van der Waals surface area contributed by atoms with Gasteiger partial charge in [-0.15, -0.1) is 0 Å². The molecule has 0 fully saturated rings. The van der Waals surface area contributed by atoms with Crippen LogP contribution >= 0.6 is 0 Å². The number of ether oxygens (including phenoxy) is 2. The van der Waals surface area contributed by atoms with Gasteiger partial charge in [-0.2, -0.15) is 0 Å². The molecule has 27 heavy (non-hydrogen) atoms. The molecule has 0 aliphatic heterocycles. The van der Waals surface area contributed by atoms with Crippen LogP contribution in [0, 0.1) is 5.92 Å². The van der Waals surface area contributed by atoms with Crippen molar-refractivity contribution in [2.75, 3.05) is 13.2 Å². The van der Waals surface area contributed by atoms with Gasteiger partial charge in [-0.25, -0.2) is 9.59 Å². The zero-order valence-corrected chi connectivity index (χ0v) is 15.2. The molecule has 1 aromatic heterocycles. The van der Waals surface area contributed by atoms with E-state index >= 15 is 0 Å². The van der Waals surface area contributed by atoms with Crippen molar-refractivity contribution in [1.29, 1.82) is 0 Å². The van der Waals surface area contributed by atoms with Gasteiger partial charge in [0.15, 0.2) is 6.61 Å². The van der Waals surface area contributed by atoms with Crippen LogP contribution in [0.25, 0.3) is 0 Å². The average Bonchev–Trinajstić information content (AvgIpc) is 3.13. The molecule has 144 valence electrons. The SMILES string of the molecule is CC(C)CNC(=O)NC(=O)COC(=O)c1ccc(COc2ccccc2)o1. The van der Waals surface area contributed by atoms with Crippen molar-refractivity contribution in [3.05, 3.63) is 54.0 Å². The summed E-state index contributed by atoms with van der Waals surface area (Å²) in [7, 11) is 0. The summed E-state index contributed by atoms with van der Waals surface area (Å²) in [5, 5.41) is 4.59. The van der Waals surface area contributed by atoms with Crippen molar-refractivity contribution in [3.63, 3.8) is 0 Å². The average molecular weight is 374 g/mol. The van der Waals surface area contributed by atoms with Crippen LogP contribution in [-0.4, -0.2) is 31.1 Å². The van der Waals surface area contributed by atoms with Crippen LogP contribution in [0.5, 0.6) is 5.75 Å². The Morgan fingerprint density at radius 3 is 2.52 bits per heavy atom. The molecule has 0 spiro atoms. The summed E-state index contributed by atoms with van der Waals surface area (Å²) in [5.41, 5.74) is 0. The van der Waals surface area contributed by atoms with Gasteiger partial charge in [0.25, 0.3) is 5.91 Å². The predicted molar refractivity (Wildman–Crippen MR) is 96.1 cm³/mol. The molecule has 0 aliphatic rings. The first-order valence-corrected chi connectivity index (χ1v) is 8.45. The van der Waals surface area contributed by atoms with Crippen molar-refractivity contribution in [2.24, 2.45) is 5.92 Å². The minimum Gasteiger partial charge on any atom is -0.486 e. The largest absolute Gasteiger partial charge is 0.486 e. The second kappa shape index (κ2) is 10.0. The molecular weight excluding hydrogens is 352 g/mol. The van der Waals surface area contributed by atoms with E-state index in [1.54, 1.807) is 18.2 Å². The van der Waals surface area contributed by atoms with Crippen molar-refractivity contribution < 1.29 is 28.3 Å². The lowest BCUT2D eigenvalue weighted by molar-refractivity contribution is -0.123. The number of amides is 3. The number of carbonyl (C=O) groups is 3. The third kappa shape index (κ3) is 7.23. The highest BCUT2D eigenvalue weighted by Gasteiger charge is 2.16. The molecule has 1 aromatic carbocycles. The number of furan rings is 1. The van der Waals surface area contributed by atoms with Crippen LogP contribution in [-0.2, 0) is 16.1 Å². The Labute approximate surface area is 156 Å². The van der Waals surface area contributed by atoms with E-state index in [-0.39, 0.29) is 18.3 Å². The van der Waals surface area contributed by atoms with Crippen LogP contribution in [0.2, 0.25) is 0 Å². The van der Waals surface area contributed by atoms with Gasteiger partial charge < -0.3 is 19.2 Å². The van der Waals surface area contributed by atoms with E-state index in [1.165, 1.54) is 6.07 Å². The first-order valence-electron chi connectivity index (χ1n) is 8.45. The zero-order valence-electron chi connectivity index (χ0n) is 15.2. The summed E-state index contributed by atoms with van der Waals surface area (Å²) in [6, 6.07) is 11.5. The number of para-hydroxylation sites is 1. The first kappa shape index (κ1) is 20.0. The Bertz CT molecular complexity index is 770. The number of carbonyl (C=O) groups excluding carboxylic acids is 3. The third-order valence-electron chi connectivity index (χ3n) is 3.25. The fraction of sp³-hybridized carbons (Fsp3) is 0.316. The lowest BCUT2D eigenvalue weighted by atomic mass is 10.2. The van der Waals surface area contributed by atoms with Gasteiger partial charge in [-0.05, 0) is 30.2 Å². The van der Waals surface area contributed by atoms with Gasteiger partial charge in [-0.3, -0.25) is 10.1 Å². The molecule has 0 radical (unpaired) electrons. The maximum absolute atomic E-state index is 11.9. The number of rotatable bonds is 8. The zero-order chi connectivity index (χ0) is 19.6. The van der Waals surface area contributed by atoms with E-state index in [0.29, 0.717) is 18.1 Å². The van der Waals surface area contributed by atoms with E-state index in [2.05, 4.69) is 10.6 Å². The second-order valence-corrected chi connectivity index (χ2v) is 6.10. The smallest absolute Gasteiger partial charge is 0.374 e. The minimum absolute atomic E-state index is 0.0567. The highest BCUT2D eigenvalue weighted by molar-refractivity contribution is 5.96. The van der Waals surface area contributed by atoms with Crippen LogP contribution in [0.4, 0.5) is 4.79 Å². The molecule has 2 N–H and O–H groups in total. The number of esters is 1. The van der Waals surface area contributed by atoms with Crippen molar-refractivity contribution in [3.8, 4) is 5.75 Å². The third-order valence-corrected chi connectivity index (χ3v) is 3.25. The predicted octanol–water partition coefficient (Wildman–Crippen LogP) is 2.50. The molecule has 0 saturated carbocycles. The Kier molecular flexibility index (Phi) is 7.42. The Morgan fingerprint density at radius 1 is 1.07 bits per heavy atom. The fourth-order valence-corrected chi connectivity index (χ4v) is 1.94. The summed E-state index contributed by atoms with van der Waals surface area (Å²) >= 11 is 0. The summed E-state index contributed by atoms with van der Waals surface area (Å²) < 4.78 is 15.7. The van der Waals surface area contributed by atoms with Gasteiger partial charge in [0.1, 0.15) is 18.1 Å². The van der Waals surface area contributed by atoms with Crippen molar-refractivity contribution >= 4 is 17.9 Å². The van der Waals surface area contributed by atoms with Crippen molar-refractivity contribution in [2.45, 2.75) is 20.5 Å². The molecule has 0 unspecified atom stereocenters. The molecule has 8 nitrogen and oxygen atoms in total. The Morgan fingerprint density at radius 2 is 1.81 bits per heavy atom. The fourth-order valence-electron chi connectivity index (χ4n) is 1.94. The maximum Gasteiger partial charge on any atom is 0.374 e. The molecule has 8 heteroatoms. The molecule has 1 heterocycles. The molecule has 2 aromatic rings. The quantitative estimate of drug-likeness (QED) is 0.688. The topological polar surface area (TPSA) is 107 Å². The van der Waals surface area contributed by atoms with E-state index < -0.39 is 24.5 Å². The number of hydrogen-bond donors (Lipinski definition) is 2. The van der Waals surface area contributed by atoms with Crippen molar-refractivity contribution in [1.82, 2.24) is 10.6 Å². The Balaban J connectivity index is 1.73. The molecule has 3 amide bonds. The van der Waals surface area contributed by atoms with Gasteiger partial charge in [-0.1, -0.05) is 32.0 Å². The van der Waals surface area contributed by atoms with Gasteiger partial charge >= 0.3 is 12.0 Å². The first-order chi connectivity index (χ1) is 12.9. The number of urea groups is 1. The van der Waals surface area contributed by atoms with Crippen LogP contribution < -0.4 is 15.4 Å². The molecule has 0 aliphatic carbocycles. The van der Waals surface area contributed by atoms with E-state index in [9.17, 15) is 14.4 Å². The normalized spacial score (nSPS) is 10.3. The van der Waals surface area contributed by atoms with Crippen LogP contribution in [0.15, 0.2) is 46.9 Å². The summed E-state index contributed by atoms with van der Waals surface area (Å²) in [5.74, 6) is -0.238. The summed E-state index contributed by atoms with van der Waals surface area (Å²) in [6.45, 7) is 3.83. The van der Waals surface area contributed by atoms with Crippen LogP contribution in [0.3, 0.4) is 0 Å². The molecule has 0 bridgehead atoms. The molecular formula is C19H22N2O6. The summed E-state index contributed by atoms with van der Waals surface area (Å²) in [4.78, 5) is 34.9.